The first kappa shape index (κ1) is 24.8. The number of piperazine rings is 1. The molecule has 1 unspecified atom stereocenters. The third-order valence-electron chi connectivity index (χ3n) is 5.41. The number of halogens is 1. The summed E-state index contributed by atoms with van der Waals surface area (Å²) in [6, 6.07) is 14.7. The number of nitrogens with zero attached hydrogens (tertiary/aromatic N) is 1. The molecule has 1 atom stereocenters. The molecule has 176 valence electrons. The van der Waals surface area contributed by atoms with Crippen LogP contribution in [0.2, 0.25) is 0 Å². The second kappa shape index (κ2) is 12.4. The topological polar surface area (TPSA) is 84.9 Å². The highest BCUT2D eigenvalue weighted by Gasteiger charge is 2.35. The number of hydrogen-bond acceptors (Lipinski definition) is 5. The molecule has 2 aromatic rings. The van der Waals surface area contributed by atoms with Crippen LogP contribution < -0.4 is 10.1 Å². The number of carbonyl (C=O) groups is 3. The first-order valence-electron chi connectivity index (χ1n) is 11.2. The van der Waals surface area contributed by atoms with Gasteiger partial charge in [0.2, 0.25) is 5.91 Å². The number of hydrogen-bond donors (Lipinski definition) is 1. The molecule has 1 saturated heterocycles. The monoisotopic (exact) mass is 516 g/mol. The van der Waals surface area contributed by atoms with Gasteiger partial charge in [0, 0.05) is 13.1 Å². The van der Waals surface area contributed by atoms with Crippen molar-refractivity contribution in [3.63, 3.8) is 0 Å². The predicted molar refractivity (Wildman–Crippen MR) is 129 cm³/mol. The Bertz CT molecular complexity index is 967. The number of carbonyl (C=O) groups excluding carboxylic acids is 3. The SMILES string of the molecule is CCCCCOC(=O)CC1C(=O)NCCN1C(=O)COc1ccc(-c2ccccc2)cc1Br. The molecule has 0 saturated carbocycles. The second-order valence-electron chi connectivity index (χ2n) is 7.83. The van der Waals surface area contributed by atoms with Gasteiger partial charge in [0.25, 0.3) is 5.91 Å². The highest BCUT2D eigenvalue weighted by Crippen LogP contribution is 2.30. The van der Waals surface area contributed by atoms with Crippen molar-refractivity contribution in [2.75, 3.05) is 26.3 Å². The lowest BCUT2D eigenvalue weighted by atomic mass is 10.1. The molecule has 1 aliphatic heterocycles. The van der Waals surface area contributed by atoms with E-state index in [1.165, 1.54) is 4.90 Å². The van der Waals surface area contributed by atoms with Crippen molar-refractivity contribution < 1.29 is 23.9 Å². The van der Waals surface area contributed by atoms with Crippen LogP contribution in [0.1, 0.15) is 32.6 Å². The van der Waals surface area contributed by atoms with E-state index >= 15 is 0 Å². The maximum atomic E-state index is 12.9. The van der Waals surface area contributed by atoms with Crippen molar-refractivity contribution in [2.45, 2.75) is 38.6 Å². The van der Waals surface area contributed by atoms with E-state index in [4.69, 9.17) is 9.47 Å². The summed E-state index contributed by atoms with van der Waals surface area (Å²) < 4.78 is 11.7. The average Bonchev–Trinajstić information content (AvgIpc) is 2.82. The molecule has 1 aliphatic rings. The zero-order valence-electron chi connectivity index (χ0n) is 18.7. The van der Waals surface area contributed by atoms with Gasteiger partial charge in [-0.3, -0.25) is 14.4 Å². The van der Waals surface area contributed by atoms with Gasteiger partial charge in [-0.25, -0.2) is 0 Å². The fraction of sp³-hybridized carbons (Fsp3) is 0.400. The molecule has 2 amide bonds. The van der Waals surface area contributed by atoms with Crippen molar-refractivity contribution in [2.24, 2.45) is 0 Å². The van der Waals surface area contributed by atoms with E-state index in [1.54, 1.807) is 6.07 Å². The van der Waals surface area contributed by atoms with E-state index in [1.807, 2.05) is 42.5 Å². The van der Waals surface area contributed by atoms with E-state index in [9.17, 15) is 14.4 Å². The summed E-state index contributed by atoms with van der Waals surface area (Å²) in [5, 5.41) is 2.71. The van der Waals surface area contributed by atoms with Gasteiger partial charge in [0.1, 0.15) is 11.8 Å². The van der Waals surface area contributed by atoms with E-state index in [0.29, 0.717) is 25.4 Å². The minimum absolute atomic E-state index is 0.167. The molecule has 0 radical (unpaired) electrons. The predicted octanol–water partition coefficient (Wildman–Crippen LogP) is 3.95. The van der Waals surface area contributed by atoms with Crippen molar-refractivity contribution in [3.05, 3.63) is 53.0 Å². The number of benzene rings is 2. The second-order valence-corrected chi connectivity index (χ2v) is 8.68. The Labute approximate surface area is 202 Å². The summed E-state index contributed by atoms with van der Waals surface area (Å²) in [5.74, 6) is -0.663. The smallest absolute Gasteiger partial charge is 0.308 e. The van der Waals surface area contributed by atoms with Gasteiger partial charge in [-0.1, -0.05) is 56.2 Å². The van der Waals surface area contributed by atoms with Gasteiger partial charge in [-0.2, -0.15) is 0 Å². The molecule has 0 bridgehead atoms. The molecule has 8 heteroatoms. The molecule has 3 rings (SSSR count). The number of unbranched alkanes of at least 4 members (excludes halogenated alkanes) is 2. The fourth-order valence-corrected chi connectivity index (χ4v) is 4.11. The largest absolute Gasteiger partial charge is 0.483 e. The Morgan fingerprint density at radius 2 is 1.91 bits per heavy atom. The maximum absolute atomic E-state index is 12.9. The lowest BCUT2D eigenvalue weighted by Crippen LogP contribution is -2.58. The number of amides is 2. The van der Waals surface area contributed by atoms with Crippen LogP contribution in [0, 0.1) is 0 Å². The van der Waals surface area contributed by atoms with Gasteiger partial charge in [0.15, 0.2) is 6.61 Å². The number of ether oxygens (including phenoxy) is 2. The van der Waals surface area contributed by atoms with Crippen LogP contribution >= 0.6 is 15.9 Å². The zero-order valence-corrected chi connectivity index (χ0v) is 20.3. The summed E-state index contributed by atoms with van der Waals surface area (Å²) in [6.07, 6.45) is 2.61. The first-order chi connectivity index (χ1) is 16.0. The Kier molecular flexibility index (Phi) is 9.30. The van der Waals surface area contributed by atoms with E-state index < -0.39 is 12.0 Å². The molecule has 33 heavy (non-hydrogen) atoms. The number of nitrogens with one attached hydrogen (secondary N) is 1. The van der Waals surface area contributed by atoms with Gasteiger partial charge in [-0.15, -0.1) is 0 Å². The van der Waals surface area contributed by atoms with E-state index in [0.717, 1.165) is 34.9 Å². The van der Waals surface area contributed by atoms with Gasteiger partial charge >= 0.3 is 5.97 Å². The first-order valence-corrected chi connectivity index (χ1v) is 12.0. The molecular weight excluding hydrogens is 488 g/mol. The average molecular weight is 517 g/mol. The lowest BCUT2D eigenvalue weighted by Gasteiger charge is -2.34. The third kappa shape index (κ3) is 7.05. The minimum atomic E-state index is -0.891. The van der Waals surface area contributed by atoms with Crippen LogP contribution in [-0.4, -0.2) is 55.0 Å². The quantitative estimate of drug-likeness (QED) is 0.381. The molecular formula is C25H29BrN2O5. The fourth-order valence-electron chi connectivity index (χ4n) is 3.62. The molecule has 0 spiro atoms. The highest BCUT2D eigenvalue weighted by molar-refractivity contribution is 9.10. The van der Waals surface area contributed by atoms with Crippen molar-refractivity contribution in [1.29, 1.82) is 0 Å². The number of rotatable bonds is 10. The Balaban J connectivity index is 1.58. The molecule has 1 fully saturated rings. The van der Waals surface area contributed by atoms with Crippen molar-refractivity contribution >= 4 is 33.7 Å². The van der Waals surface area contributed by atoms with Crippen LogP contribution in [0.5, 0.6) is 5.75 Å². The standard InChI is InChI=1S/C25H29BrN2O5/c1-2-3-7-14-32-24(30)16-21-25(31)27-12-13-28(21)23(29)17-33-22-11-10-19(15-20(22)26)18-8-5-4-6-9-18/h4-6,8-11,15,21H,2-3,7,12-14,16-17H2,1H3,(H,27,31). The molecule has 2 aromatic carbocycles. The van der Waals surface area contributed by atoms with Crippen LogP contribution in [-0.2, 0) is 19.1 Å². The Hall–Kier alpha value is -2.87. The zero-order chi connectivity index (χ0) is 23.6. The van der Waals surface area contributed by atoms with Gasteiger partial charge in [0.05, 0.1) is 17.5 Å². The van der Waals surface area contributed by atoms with Crippen LogP contribution in [0.3, 0.4) is 0 Å². The van der Waals surface area contributed by atoms with Crippen LogP contribution in [0.25, 0.3) is 11.1 Å². The minimum Gasteiger partial charge on any atom is -0.483 e. The highest BCUT2D eigenvalue weighted by atomic mass is 79.9. The lowest BCUT2D eigenvalue weighted by molar-refractivity contribution is -0.152. The van der Waals surface area contributed by atoms with Crippen LogP contribution in [0.15, 0.2) is 53.0 Å². The number of esters is 1. The maximum Gasteiger partial charge on any atom is 0.308 e. The molecule has 1 N–H and O–H groups in total. The summed E-state index contributed by atoms with van der Waals surface area (Å²) >= 11 is 3.50. The molecule has 7 nitrogen and oxygen atoms in total. The molecule has 0 aromatic heterocycles. The Morgan fingerprint density at radius 3 is 2.64 bits per heavy atom. The van der Waals surface area contributed by atoms with Crippen LogP contribution in [0.4, 0.5) is 0 Å². The normalized spacial score (nSPS) is 15.6. The third-order valence-corrected chi connectivity index (χ3v) is 6.03. The summed E-state index contributed by atoms with van der Waals surface area (Å²) in [6.45, 7) is 2.80. The summed E-state index contributed by atoms with van der Waals surface area (Å²) in [7, 11) is 0. The van der Waals surface area contributed by atoms with Crippen molar-refractivity contribution in [1.82, 2.24) is 10.2 Å². The van der Waals surface area contributed by atoms with E-state index in [-0.39, 0.29) is 24.8 Å². The molecule has 1 heterocycles. The van der Waals surface area contributed by atoms with E-state index in [2.05, 4.69) is 28.2 Å². The summed E-state index contributed by atoms with van der Waals surface area (Å²) in [4.78, 5) is 38.8. The summed E-state index contributed by atoms with van der Waals surface area (Å²) in [5.41, 5.74) is 2.09. The van der Waals surface area contributed by atoms with Gasteiger partial charge < -0.3 is 19.7 Å². The van der Waals surface area contributed by atoms with Crippen molar-refractivity contribution in [3.8, 4) is 16.9 Å². The Morgan fingerprint density at radius 1 is 1.12 bits per heavy atom. The molecule has 0 aliphatic carbocycles. The van der Waals surface area contributed by atoms with Gasteiger partial charge in [-0.05, 0) is 45.6 Å².